The number of allylic oxidation sites excluding steroid dienone is 6. The Hall–Kier alpha value is -3.14. The van der Waals surface area contributed by atoms with Crippen LogP contribution in [0, 0.1) is 0 Å². The highest BCUT2D eigenvalue weighted by Crippen LogP contribution is 2.41. The normalized spacial score (nSPS) is 12.5. The van der Waals surface area contributed by atoms with Gasteiger partial charge in [-0.05, 0) is 53.7 Å². The summed E-state index contributed by atoms with van der Waals surface area (Å²) < 4.78 is 0. The summed E-state index contributed by atoms with van der Waals surface area (Å²) in [5.41, 5.74) is 2.79. The molecule has 0 radical (unpaired) electrons. The first-order valence-electron chi connectivity index (χ1n) is 12.4. The van der Waals surface area contributed by atoms with Gasteiger partial charge in [0.2, 0.25) is 0 Å². The van der Waals surface area contributed by atoms with Gasteiger partial charge in [-0.3, -0.25) is 0 Å². The van der Waals surface area contributed by atoms with Gasteiger partial charge >= 0.3 is 0 Å². The van der Waals surface area contributed by atoms with E-state index in [2.05, 4.69) is 99.7 Å². The molecule has 0 aliphatic rings. The Bertz CT molecular complexity index is 782. The molecular formula is C30H45N3O. The molecule has 0 aliphatic heterocycles. The van der Waals surface area contributed by atoms with E-state index in [0.717, 1.165) is 56.3 Å². The SMILES string of the molecule is CC=CCN(CC=CC)c1cc(N(CC=CC)CC=CC)c(O)c(N(CC=CC)CC=CC)c1. The average molecular weight is 464 g/mol. The lowest BCUT2D eigenvalue weighted by atomic mass is 10.1. The zero-order chi connectivity index (χ0) is 25.2. The van der Waals surface area contributed by atoms with Crippen molar-refractivity contribution in [2.75, 3.05) is 54.0 Å². The summed E-state index contributed by atoms with van der Waals surface area (Å²) in [6.07, 6.45) is 25.2. The molecule has 0 spiro atoms. The van der Waals surface area contributed by atoms with Crippen molar-refractivity contribution in [1.82, 2.24) is 0 Å². The summed E-state index contributed by atoms with van der Waals surface area (Å²) in [4.78, 5) is 6.77. The van der Waals surface area contributed by atoms with E-state index in [9.17, 15) is 5.11 Å². The Morgan fingerprint density at radius 1 is 0.500 bits per heavy atom. The van der Waals surface area contributed by atoms with Crippen molar-refractivity contribution >= 4 is 17.1 Å². The van der Waals surface area contributed by atoms with E-state index in [4.69, 9.17) is 0 Å². The minimum Gasteiger partial charge on any atom is -0.504 e. The van der Waals surface area contributed by atoms with Crippen molar-refractivity contribution in [2.24, 2.45) is 0 Å². The molecule has 1 aromatic rings. The highest BCUT2D eigenvalue weighted by molar-refractivity contribution is 5.79. The predicted molar refractivity (Wildman–Crippen MR) is 154 cm³/mol. The molecule has 1 aromatic carbocycles. The Morgan fingerprint density at radius 3 is 1.03 bits per heavy atom. The van der Waals surface area contributed by atoms with Crippen LogP contribution < -0.4 is 14.7 Å². The number of hydrogen-bond acceptors (Lipinski definition) is 4. The van der Waals surface area contributed by atoms with Crippen LogP contribution in [0.2, 0.25) is 0 Å². The average Bonchev–Trinajstić information content (AvgIpc) is 2.85. The lowest BCUT2D eigenvalue weighted by Crippen LogP contribution is -2.28. The maximum atomic E-state index is 11.6. The van der Waals surface area contributed by atoms with Crippen LogP contribution in [-0.4, -0.2) is 44.4 Å². The number of rotatable bonds is 15. The monoisotopic (exact) mass is 463 g/mol. The van der Waals surface area contributed by atoms with Crippen molar-refractivity contribution in [3.05, 3.63) is 85.0 Å². The van der Waals surface area contributed by atoms with E-state index in [0.29, 0.717) is 5.75 Å². The van der Waals surface area contributed by atoms with Crippen LogP contribution in [0.3, 0.4) is 0 Å². The molecule has 4 nitrogen and oxygen atoms in total. The van der Waals surface area contributed by atoms with Crippen molar-refractivity contribution in [2.45, 2.75) is 41.5 Å². The fourth-order valence-corrected chi connectivity index (χ4v) is 3.48. The molecule has 1 rings (SSSR count). The minimum absolute atomic E-state index is 0.323. The molecule has 1 N–H and O–H groups in total. The molecule has 0 heterocycles. The molecule has 0 amide bonds. The third-order valence-electron chi connectivity index (χ3n) is 5.47. The van der Waals surface area contributed by atoms with Gasteiger partial charge in [0, 0.05) is 45.0 Å². The van der Waals surface area contributed by atoms with E-state index in [-0.39, 0.29) is 0 Å². The van der Waals surface area contributed by atoms with Gasteiger partial charge in [-0.1, -0.05) is 72.9 Å². The van der Waals surface area contributed by atoms with Crippen LogP contribution in [0.25, 0.3) is 0 Å². The number of anilines is 3. The molecular weight excluding hydrogens is 418 g/mol. The Morgan fingerprint density at radius 2 is 0.765 bits per heavy atom. The van der Waals surface area contributed by atoms with Gasteiger partial charge in [0.25, 0.3) is 0 Å². The number of nitrogens with zero attached hydrogens (tertiary/aromatic N) is 3. The van der Waals surface area contributed by atoms with E-state index >= 15 is 0 Å². The van der Waals surface area contributed by atoms with Crippen LogP contribution in [-0.2, 0) is 0 Å². The molecule has 0 atom stereocenters. The van der Waals surface area contributed by atoms with E-state index in [1.807, 2.05) is 41.5 Å². The van der Waals surface area contributed by atoms with Crippen LogP contribution >= 0.6 is 0 Å². The summed E-state index contributed by atoms with van der Waals surface area (Å²) >= 11 is 0. The minimum atomic E-state index is 0.323. The number of phenolic OH excluding ortho intramolecular Hbond substituents is 1. The maximum absolute atomic E-state index is 11.6. The van der Waals surface area contributed by atoms with Crippen LogP contribution in [0.1, 0.15) is 41.5 Å². The van der Waals surface area contributed by atoms with Crippen LogP contribution in [0.4, 0.5) is 17.1 Å². The Balaban J connectivity index is 3.77. The second-order valence-electron chi connectivity index (χ2n) is 7.96. The molecule has 0 bridgehead atoms. The molecule has 34 heavy (non-hydrogen) atoms. The lowest BCUT2D eigenvalue weighted by Gasteiger charge is -2.31. The zero-order valence-corrected chi connectivity index (χ0v) is 22.1. The molecule has 0 saturated carbocycles. The number of hydrogen-bond donors (Lipinski definition) is 1. The second kappa shape index (κ2) is 17.4. The highest BCUT2D eigenvalue weighted by atomic mass is 16.3. The first kappa shape index (κ1) is 28.9. The van der Waals surface area contributed by atoms with Gasteiger partial charge in [0.05, 0.1) is 11.4 Å². The first-order chi connectivity index (χ1) is 16.6. The summed E-state index contributed by atoms with van der Waals surface area (Å²) in [6.45, 7) is 16.7. The third kappa shape index (κ3) is 9.38. The summed E-state index contributed by atoms with van der Waals surface area (Å²) in [6, 6.07) is 4.25. The maximum Gasteiger partial charge on any atom is 0.162 e. The number of benzene rings is 1. The molecule has 0 fully saturated rings. The first-order valence-corrected chi connectivity index (χ1v) is 12.4. The Kier molecular flexibility index (Phi) is 14.7. The molecule has 0 aliphatic carbocycles. The largest absolute Gasteiger partial charge is 0.504 e. The van der Waals surface area contributed by atoms with Crippen molar-refractivity contribution in [3.8, 4) is 5.75 Å². The van der Waals surface area contributed by atoms with E-state index in [1.165, 1.54) is 0 Å². The fraction of sp³-hybridized carbons (Fsp3) is 0.400. The molecule has 0 saturated heterocycles. The lowest BCUT2D eigenvalue weighted by molar-refractivity contribution is 0.474. The molecule has 186 valence electrons. The molecule has 0 unspecified atom stereocenters. The van der Waals surface area contributed by atoms with Crippen molar-refractivity contribution < 1.29 is 5.11 Å². The molecule has 0 aromatic heterocycles. The summed E-state index contributed by atoms with van der Waals surface area (Å²) in [7, 11) is 0. The van der Waals surface area contributed by atoms with Gasteiger partial charge in [-0.2, -0.15) is 0 Å². The Labute approximate surface area is 208 Å². The van der Waals surface area contributed by atoms with Crippen molar-refractivity contribution in [3.63, 3.8) is 0 Å². The van der Waals surface area contributed by atoms with Crippen LogP contribution in [0.15, 0.2) is 85.0 Å². The van der Waals surface area contributed by atoms with Gasteiger partial charge in [0.15, 0.2) is 5.75 Å². The highest BCUT2D eigenvalue weighted by Gasteiger charge is 2.20. The van der Waals surface area contributed by atoms with Crippen molar-refractivity contribution in [1.29, 1.82) is 0 Å². The van der Waals surface area contributed by atoms with Gasteiger partial charge in [0.1, 0.15) is 0 Å². The van der Waals surface area contributed by atoms with E-state index in [1.54, 1.807) is 0 Å². The topological polar surface area (TPSA) is 30.0 Å². The third-order valence-corrected chi connectivity index (χ3v) is 5.47. The van der Waals surface area contributed by atoms with Gasteiger partial charge < -0.3 is 19.8 Å². The fourth-order valence-electron chi connectivity index (χ4n) is 3.48. The quantitative estimate of drug-likeness (QED) is 0.277. The van der Waals surface area contributed by atoms with Gasteiger partial charge in [-0.25, -0.2) is 0 Å². The van der Waals surface area contributed by atoms with Crippen LogP contribution in [0.5, 0.6) is 5.75 Å². The van der Waals surface area contributed by atoms with E-state index < -0.39 is 0 Å². The summed E-state index contributed by atoms with van der Waals surface area (Å²) in [5, 5.41) is 11.6. The molecule has 4 heteroatoms. The summed E-state index contributed by atoms with van der Waals surface area (Å²) in [5.74, 6) is 0.323. The number of aromatic hydroxyl groups is 1. The predicted octanol–water partition coefficient (Wildman–Crippen LogP) is 7.27. The zero-order valence-electron chi connectivity index (χ0n) is 22.1. The second-order valence-corrected chi connectivity index (χ2v) is 7.96. The standard InChI is InChI=1S/C30H45N3O/c1-7-13-19-31(20-14-8-2)27-25-28(32(21-15-9-3)22-16-10-4)30(34)29(26-27)33(23-17-11-5)24-18-12-6/h7-18,25-26,34H,19-24H2,1-6H3. The smallest absolute Gasteiger partial charge is 0.162 e. The number of phenols is 1. The van der Waals surface area contributed by atoms with Gasteiger partial charge in [-0.15, -0.1) is 0 Å².